The fourth-order valence-electron chi connectivity index (χ4n) is 2.85. The summed E-state index contributed by atoms with van der Waals surface area (Å²) in [4.78, 5) is 20.8. The van der Waals surface area contributed by atoms with Crippen LogP contribution in [0.25, 0.3) is 10.8 Å². The second-order valence-corrected chi connectivity index (χ2v) is 6.32. The third kappa shape index (κ3) is 2.89. The molecular weight excluding hydrogens is 314 g/mol. The number of thiazole rings is 1. The van der Waals surface area contributed by atoms with Crippen LogP contribution in [0, 0.1) is 0 Å². The number of hydrogen-bond donors (Lipinski definition) is 2. The van der Waals surface area contributed by atoms with Crippen molar-refractivity contribution < 1.29 is 9.21 Å². The Bertz CT molecular complexity index is 808. The van der Waals surface area contributed by atoms with Gasteiger partial charge in [0.25, 0.3) is 0 Å². The van der Waals surface area contributed by atoms with E-state index in [0.717, 1.165) is 41.3 Å². The van der Waals surface area contributed by atoms with Crippen LogP contribution in [0.3, 0.4) is 0 Å². The number of furan rings is 1. The lowest BCUT2D eigenvalue weighted by molar-refractivity contribution is -0.121. The quantitative estimate of drug-likeness (QED) is 0.765. The van der Waals surface area contributed by atoms with Crippen LogP contribution in [-0.4, -0.2) is 26.1 Å². The molecule has 3 heterocycles. The van der Waals surface area contributed by atoms with E-state index in [2.05, 4.69) is 25.5 Å². The molecule has 8 heteroatoms. The molecule has 1 atom stereocenters. The number of H-pyrrole nitrogens is 1. The highest BCUT2D eigenvalue weighted by Crippen LogP contribution is 2.30. The number of amides is 1. The highest BCUT2D eigenvalue weighted by Gasteiger charge is 2.24. The molecule has 0 saturated heterocycles. The smallest absolute Gasteiger partial charge is 0.226 e. The van der Waals surface area contributed by atoms with E-state index in [-0.39, 0.29) is 18.4 Å². The molecule has 3 aromatic rings. The highest BCUT2D eigenvalue weighted by atomic mass is 32.1. The van der Waals surface area contributed by atoms with Crippen LogP contribution in [0.2, 0.25) is 0 Å². The number of hydrogen-bond acceptors (Lipinski definition) is 6. The van der Waals surface area contributed by atoms with Gasteiger partial charge in [0.05, 0.1) is 24.4 Å². The maximum atomic E-state index is 12.3. The zero-order valence-electron chi connectivity index (χ0n) is 12.3. The van der Waals surface area contributed by atoms with Crippen LogP contribution in [0.4, 0.5) is 0 Å². The minimum Gasteiger partial charge on any atom is -0.469 e. The van der Waals surface area contributed by atoms with Crippen LogP contribution in [0.5, 0.6) is 0 Å². The number of fused-ring (bicyclic) bond motifs is 1. The molecule has 3 aromatic heterocycles. The van der Waals surface area contributed by atoms with Gasteiger partial charge in [0.15, 0.2) is 10.8 Å². The lowest BCUT2D eigenvalue weighted by atomic mass is 9.93. The Morgan fingerprint density at radius 1 is 1.52 bits per heavy atom. The molecule has 0 fully saturated rings. The maximum Gasteiger partial charge on any atom is 0.226 e. The molecule has 0 radical (unpaired) electrons. The van der Waals surface area contributed by atoms with E-state index in [0.29, 0.717) is 5.82 Å². The summed E-state index contributed by atoms with van der Waals surface area (Å²) in [6.45, 7) is 0. The summed E-state index contributed by atoms with van der Waals surface area (Å²) < 4.78 is 5.45. The van der Waals surface area contributed by atoms with Crippen molar-refractivity contribution in [3.05, 3.63) is 41.1 Å². The first-order valence-corrected chi connectivity index (χ1v) is 8.33. The number of nitrogens with zero attached hydrogens (tertiary/aromatic N) is 3. The molecule has 0 spiro atoms. The molecule has 0 bridgehead atoms. The zero-order chi connectivity index (χ0) is 15.6. The molecule has 0 aliphatic heterocycles. The van der Waals surface area contributed by atoms with Crippen LogP contribution in [0.1, 0.15) is 35.9 Å². The molecule has 1 aliphatic rings. The monoisotopic (exact) mass is 329 g/mol. The molecule has 7 nitrogen and oxygen atoms in total. The molecule has 2 N–H and O–H groups in total. The largest absolute Gasteiger partial charge is 0.469 e. The van der Waals surface area contributed by atoms with Gasteiger partial charge in [-0.15, -0.1) is 11.3 Å². The van der Waals surface area contributed by atoms with Gasteiger partial charge in [-0.2, -0.15) is 5.10 Å². The number of aromatic nitrogens is 4. The number of carbonyl (C=O) groups excluding carboxylic acids is 1. The van der Waals surface area contributed by atoms with Crippen molar-refractivity contribution >= 4 is 17.2 Å². The molecule has 1 amide bonds. The second kappa shape index (κ2) is 5.96. The van der Waals surface area contributed by atoms with Crippen molar-refractivity contribution in [3.8, 4) is 10.8 Å². The first-order valence-electron chi connectivity index (χ1n) is 7.45. The summed E-state index contributed by atoms with van der Waals surface area (Å²) in [7, 11) is 0. The van der Waals surface area contributed by atoms with Crippen LogP contribution < -0.4 is 5.32 Å². The van der Waals surface area contributed by atoms with E-state index >= 15 is 0 Å². The molecular formula is C15H15N5O2S. The minimum absolute atomic E-state index is 0.0292. The Labute approximate surface area is 136 Å². The van der Waals surface area contributed by atoms with Crippen LogP contribution >= 0.6 is 11.3 Å². The predicted octanol–water partition coefficient (Wildman–Crippen LogP) is 2.26. The fourth-order valence-corrected chi connectivity index (χ4v) is 3.62. The molecule has 0 saturated carbocycles. The highest BCUT2D eigenvalue weighted by molar-refractivity contribution is 7.13. The van der Waals surface area contributed by atoms with E-state index < -0.39 is 0 Å². The van der Waals surface area contributed by atoms with Crippen molar-refractivity contribution in [1.82, 2.24) is 25.5 Å². The summed E-state index contributed by atoms with van der Waals surface area (Å²) in [5.41, 5.74) is 1.84. The number of carbonyl (C=O) groups is 1. The average Bonchev–Trinajstić information content (AvgIpc) is 3.28. The molecule has 1 aliphatic carbocycles. The standard InChI is InChI=1S/C15H15N5O2S/c21-13(19-11-2-1-3-12-10(11)4-5-22-12)6-9-7-23-15(18-9)14-16-8-17-20-14/h4-5,7-8,11H,1-3,6H2,(H,19,21)(H,16,17,20). The zero-order valence-corrected chi connectivity index (χ0v) is 13.1. The van der Waals surface area contributed by atoms with E-state index in [9.17, 15) is 4.79 Å². The predicted molar refractivity (Wildman–Crippen MR) is 83.7 cm³/mol. The van der Waals surface area contributed by atoms with Gasteiger partial charge in [-0.3, -0.25) is 9.89 Å². The molecule has 23 heavy (non-hydrogen) atoms. The van der Waals surface area contributed by atoms with Gasteiger partial charge >= 0.3 is 0 Å². The maximum absolute atomic E-state index is 12.3. The lowest BCUT2D eigenvalue weighted by Gasteiger charge is -2.22. The fraction of sp³-hybridized carbons (Fsp3) is 0.333. The third-order valence-electron chi connectivity index (χ3n) is 3.90. The van der Waals surface area contributed by atoms with Gasteiger partial charge in [-0.1, -0.05) is 0 Å². The Morgan fingerprint density at radius 2 is 2.48 bits per heavy atom. The van der Waals surface area contributed by atoms with Crippen molar-refractivity contribution in [2.45, 2.75) is 31.7 Å². The van der Waals surface area contributed by atoms with Gasteiger partial charge in [0.2, 0.25) is 5.91 Å². The van der Waals surface area contributed by atoms with E-state index in [1.165, 1.54) is 17.7 Å². The minimum atomic E-state index is -0.0292. The van der Waals surface area contributed by atoms with Gasteiger partial charge in [-0.25, -0.2) is 9.97 Å². The molecule has 1 unspecified atom stereocenters. The normalized spacial score (nSPS) is 17.0. The lowest BCUT2D eigenvalue weighted by Crippen LogP contribution is -2.31. The Kier molecular flexibility index (Phi) is 3.66. The Balaban J connectivity index is 1.41. The van der Waals surface area contributed by atoms with Crippen molar-refractivity contribution in [2.75, 3.05) is 0 Å². The van der Waals surface area contributed by atoms with Gasteiger partial charge in [-0.05, 0) is 18.9 Å². The molecule has 118 valence electrons. The second-order valence-electron chi connectivity index (χ2n) is 5.47. The average molecular weight is 329 g/mol. The number of nitrogens with one attached hydrogen (secondary N) is 2. The first-order chi connectivity index (χ1) is 11.3. The summed E-state index contributed by atoms with van der Waals surface area (Å²) in [5, 5.41) is 12.3. The summed E-state index contributed by atoms with van der Waals surface area (Å²) in [6, 6.07) is 1.99. The SMILES string of the molecule is O=C(Cc1csc(-c2ncn[nH]2)n1)NC1CCCc2occc21. The number of aromatic amines is 1. The Hall–Kier alpha value is -2.48. The number of rotatable bonds is 4. The van der Waals surface area contributed by atoms with Gasteiger partial charge < -0.3 is 9.73 Å². The summed E-state index contributed by atoms with van der Waals surface area (Å²) in [5.74, 6) is 1.58. The first kappa shape index (κ1) is 14.1. The van der Waals surface area contributed by atoms with Gasteiger partial charge in [0, 0.05) is 17.4 Å². The van der Waals surface area contributed by atoms with Crippen LogP contribution in [-0.2, 0) is 17.6 Å². The summed E-state index contributed by atoms with van der Waals surface area (Å²) in [6.07, 6.45) is 6.31. The summed E-state index contributed by atoms with van der Waals surface area (Å²) >= 11 is 1.45. The van der Waals surface area contributed by atoms with Gasteiger partial charge in [0.1, 0.15) is 12.1 Å². The van der Waals surface area contributed by atoms with Crippen LogP contribution in [0.15, 0.2) is 28.5 Å². The van der Waals surface area contributed by atoms with Crippen molar-refractivity contribution in [2.24, 2.45) is 0 Å². The van der Waals surface area contributed by atoms with E-state index in [4.69, 9.17) is 4.42 Å². The van der Waals surface area contributed by atoms with E-state index in [1.807, 2.05) is 11.4 Å². The van der Waals surface area contributed by atoms with Crippen molar-refractivity contribution in [1.29, 1.82) is 0 Å². The molecule has 4 rings (SSSR count). The Morgan fingerprint density at radius 3 is 3.35 bits per heavy atom. The molecule has 0 aromatic carbocycles. The third-order valence-corrected chi connectivity index (χ3v) is 4.80. The van der Waals surface area contributed by atoms with E-state index in [1.54, 1.807) is 6.26 Å². The topological polar surface area (TPSA) is 96.7 Å². The number of aryl methyl sites for hydroxylation is 1. The van der Waals surface area contributed by atoms with Crippen molar-refractivity contribution in [3.63, 3.8) is 0 Å².